The van der Waals surface area contributed by atoms with Gasteiger partial charge in [-0.15, -0.1) is 11.8 Å². The van der Waals surface area contributed by atoms with Crippen molar-refractivity contribution in [3.05, 3.63) is 23.0 Å². The first kappa shape index (κ1) is 12.8. The van der Waals surface area contributed by atoms with Gasteiger partial charge in [0.15, 0.2) is 0 Å². The number of thioether (sulfide) groups is 1. The van der Waals surface area contributed by atoms with E-state index >= 15 is 0 Å². The van der Waals surface area contributed by atoms with Crippen LogP contribution in [0.3, 0.4) is 0 Å². The lowest BCUT2D eigenvalue weighted by atomic mass is 10.4. The van der Waals surface area contributed by atoms with Crippen molar-refractivity contribution >= 4 is 11.8 Å². The predicted molar refractivity (Wildman–Crippen MR) is 63.0 cm³/mol. The minimum atomic E-state index is 1.06. The Balaban J connectivity index is 3.13. The highest BCUT2D eigenvalue weighted by Crippen LogP contribution is 2.04. The van der Waals surface area contributed by atoms with Crippen molar-refractivity contribution < 1.29 is 0 Å². The Hall–Kier alpha value is -0.250. The van der Waals surface area contributed by atoms with Gasteiger partial charge in [0.05, 0.1) is 0 Å². The van der Waals surface area contributed by atoms with Gasteiger partial charge in [-0.2, -0.15) is 0 Å². The predicted octanol–water partition coefficient (Wildman–Crippen LogP) is 1.97. The summed E-state index contributed by atoms with van der Waals surface area (Å²) in [6.07, 6.45) is 6.58. The Morgan fingerprint density at radius 1 is 0.923 bits per heavy atom. The lowest BCUT2D eigenvalue weighted by Gasteiger charge is -1.91. The molecule has 0 fully saturated rings. The lowest BCUT2D eigenvalue weighted by molar-refractivity contribution is 0.808. The van der Waals surface area contributed by atoms with E-state index in [9.17, 15) is 0 Å². The van der Waals surface area contributed by atoms with Crippen LogP contribution in [0.1, 0.15) is 12.8 Å². The van der Waals surface area contributed by atoms with E-state index in [2.05, 4.69) is 33.6 Å². The molecule has 0 aliphatic heterocycles. The molecule has 2 N–H and O–H groups in total. The highest BCUT2D eigenvalue weighted by Gasteiger charge is 1.77. The van der Waals surface area contributed by atoms with E-state index in [0.717, 1.165) is 25.9 Å². The SMILES string of the molecule is CNCCC=CSC=CCCNC. The third kappa shape index (κ3) is 11.8. The molecule has 0 saturated heterocycles. The van der Waals surface area contributed by atoms with E-state index in [1.54, 1.807) is 11.8 Å². The number of hydrogen-bond donors (Lipinski definition) is 2. The summed E-state index contributed by atoms with van der Waals surface area (Å²) in [7, 11) is 3.94. The van der Waals surface area contributed by atoms with Gasteiger partial charge in [0.2, 0.25) is 0 Å². The second kappa shape index (κ2) is 11.8. The molecule has 13 heavy (non-hydrogen) atoms. The summed E-state index contributed by atoms with van der Waals surface area (Å²) in [5, 5.41) is 10.5. The van der Waals surface area contributed by atoms with Crippen LogP contribution in [0.2, 0.25) is 0 Å². The molecule has 0 aliphatic rings. The molecule has 0 aromatic rings. The van der Waals surface area contributed by atoms with Crippen molar-refractivity contribution in [3.63, 3.8) is 0 Å². The van der Waals surface area contributed by atoms with Gasteiger partial charge in [-0.1, -0.05) is 12.2 Å². The Kier molecular flexibility index (Phi) is 11.5. The van der Waals surface area contributed by atoms with Crippen molar-refractivity contribution in [2.24, 2.45) is 0 Å². The fourth-order valence-corrected chi connectivity index (χ4v) is 1.33. The zero-order chi connectivity index (χ0) is 9.78. The molecule has 3 heteroatoms. The highest BCUT2D eigenvalue weighted by molar-refractivity contribution is 8.04. The first-order chi connectivity index (χ1) is 6.41. The van der Waals surface area contributed by atoms with Gasteiger partial charge < -0.3 is 10.6 Å². The molecule has 0 unspecified atom stereocenters. The quantitative estimate of drug-likeness (QED) is 0.586. The van der Waals surface area contributed by atoms with Crippen LogP contribution in [0.15, 0.2) is 23.0 Å². The Morgan fingerprint density at radius 2 is 1.38 bits per heavy atom. The highest BCUT2D eigenvalue weighted by atomic mass is 32.2. The van der Waals surface area contributed by atoms with Gasteiger partial charge in [-0.05, 0) is 50.8 Å². The van der Waals surface area contributed by atoms with Crippen LogP contribution in [0.25, 0.3) is 0 Å². The van der Waals surface area contributed by atoms with Crippen molar-refractivity contribution in [2.75, 3.05) is 27.2 Å². The van der Waals surface area contributed by atoms with E-state index in [1.165, 1.54) is 0 Å². The summed E-state index contributed by atoms with van der Waals surface area (Å²) in [6, 6.07) is 0. The van der Waals surface area contributed by atoms with Crippen LogP contribution >= 0.6 is 11.8 Å². The van der Waals surface area contributed by atoms with E-state index in [-0.39, 0.29) is 0 Å². The first-order valence-corrected chi connectivity index (χ1v) is 5.60. The van der Waals surface area contributed by atoms with Gasteiger partial charge in [0.1, 0.15) is 0 Å². The molecule has 76 valence electrons. The summed E-state index contributed by atoms with van der Waals surface area (Å²) in [6.45, 7) is 2.11. The minimum Gasteiger partial charge on any atom is -0.319 e. The summed E-state index contributed by atoms with van der Waals surface area (Å²) >= 11 is 1.74. The number of hydrogen-bond acceptors (Lipinski definition) is 3. The van der Waals surface area contributed by atoms with Crippen LogP contribution < -0.4 is 10.6 Å². The van der Waals surface area contributed by atoms with Gasteiger partial charge in [-0.25, -0.2) is 0 Å². The van der Waals surface area contributed by atoms with Crippen molar-refractivity contribution in [1.82, 2.24) is 10.6 Å². The number of rotatable bonds is 8. The maximum absolute atomic E-state index is 3.10. The van der Waals surface area contributed by atoms with E-state index in [0.29, 0.717) is 0 Å². The maximum Gasteiger partial charge on any atom is -0.00170 e. The average molecular weight is 200 g/mol. The molecular formula is C10H20N2S. The molecule has 0 amide bonds. The number of nitrogens with one attached hydrogen (secondary N) is 2. The molecule has 0 bridgehead atoms. The summed E-state index contributed by atoms with van der Waals surface area (Å²) in [5.41, 5.74) is 0. The lowest BCUT2D eigenvalue weighted by Crippen LogP contribution is -2.05. The molecule has 0 aromatic heterocycles. The van der Waals surface area contributed by atoms with E-state index in [4.69, 9.17) is 0 Å². The zero-order valence-electron chi connectivity index (χ0n) is 8.55. The first-order valence-electron chi connectivity index (χ1n) is 4.66. The van der Waals surface area contributed by atoms with Crippen molar-refractivity contribution in [3.8, 4) is 0 Å². The molecular weight excluding hydrogens is 180 g/mol. The largest absolute Gasteiger partial charge is 0.319 e. The monoisotopic (exact) mass is 200 g/mol. The van der Waals surface area contributed by atoms with Crippen LogP contribution in [0.4, 0.5) is 0 Å². The molecule has 0 heterocycles. The molecule has 0 radical (unpaired) electrons. The van der Waals surface area contributed by atoms with Crippen LogP contribution in [-0.2, 0) is 0 Å². The Morgan fingerprint density at radius 3 is 1.77 bits per heavy atom. The molecule has 0 rings (SSSR count). The van der Waals surface area contributed by atoms with Gasteiger partial charge >= 0.3 is 0 Å². The van der Waals surface area contributed by atoms with Gasteiger partial charge in [0.25, 0.3) is 0 Å². The third-order valence-corrected chi connectivity index (χ3v) is 2.17. The average Bonchev–Trinajstić information content (AvgIpc) is 2.16. The Labute approximate surface area is 85.9 Å². The molecule has 0 saturated carbocycles. The Bertz CT molecular complexity index is 128. The molecule has 0 spiro atoms. The van der Waals surface area contributed by atoms with E-state index < -0.39 is 0 Å². The second-order valence-corrected chi connectivity index (χ2v) is 3.48. The smallest absolute Gasteiger partial charge is 0.00170 e. The van der Waals surface area contributed by atoms with E-state index in [1.807, 2.05) is 14.1 Å². The molecule has 0 atom stereocenters. The van der Waals surface area contributed by atoms with Gasteiger partial charge in [-0.3, -0.25) is 0 Å². The van der Waals surface area contributed by atoms with Crippen LogP contribution in [-0.4, -0.2) is 27.2 Å². The van der Waals surface area contributed by atoms with Crippen molar-refractivity contribution in [1.29, 1.82) is 0 Å². The topological polar surface area (TPSA) is 24.1 Å². The maximum atomic E-state index is 3.10. The normalized spacial score (nSPS) is 11.8. The molecule has 0 aromatic carbocycles. The van der Waals surface area contributed by atoms with Gasteiger partial charge in [0, 0.05) is 0 Å². The molecule has 0 aliphatic carbocycles. The fourth-order valence-electron chi connectivity index (χ4n) is 0.748. The van der Waals surface area contributed by atoms with Crippen molar-refractivity contribution in [2.45, 2.75) is 12.8 Å². The minimum absolute atomic E-state index is 1.06. The zero-order valence-corrected chi connectivity index (χ0v) is 9.36. The van der Waals surface area contributed by atoms with Crippen LogP contribution in [0, 0.1) is 0 Å². The summed E-state index contributed by atoms with van der Waals surface area (Å²) in [5.74, 6) is 0. The summed E-state index contributed by atoms with van der Waals surface area (Å²) < 4.78 is 0. The second-order valence-electron chi connectivity index (χ2n) is 2.66. The van der Waals surface area contributed by atoms with Crippen LogP contribution in [0.5, 0.6) is 0 Å². The standard InChI is InChI=1S/C10H20N2S/c1-11-7-3-5-9-13-10-6-4-8-12-2/h5-6,9-12H,3-4,7-8H2,1-2H3. The fraction of sp³-hybridized carbons (Fsp3) is 0.600. The summed E-state index contributed by atoms with van der Waals surface area (Å²) in [4.78, 5) is 0. The molecule has 2 nitrogen and oxygen atoms in total. The third-order valence-electron chi connectivity index (χ3n) is 1.47.